The maximum atomic E-state index is 13.0. The Kier molecular flexibility index (Phi) is 5.87. The van der Waals surface area contributed by atoms with E-state index in [-0.39, 0.29) is 6.54 Å². The molecule has 9 nitrogen and oxygen atoms in total. The molecule has 0 spiro atoms. The molecule has 0 aliphatic carbocycles. The highest BCUT2D eigenvalue weighted by atomic mass is 16.5. The molecule has 2 N–H and O–H groups in total. The Morgan fingerprint density at radius 3 is 2.42 bits per heavy atom. The van der Waals surface area contributed by atoms with E-state index in [1.165, 1.54) is 0 Å². The van der Waals surface area contributed by atoms with Crippen LogP contribution in [0.15, 0.2) is 60.9 Å². The second kappa shape index (κ2) is 8.78. The monoisotopic (exact) mass is 447 g/mol. The molecule has 0 saturated carbocycles. The van der Waals surface area contributed by atoms with Crippen LogP contribution in [0.25, 0.3) is 0 Å². The minimum absolute atomic E-state index is 0.383. The molecule has 3 aromatic rings. The van der Waals surface area contributed by atoms with Gasteiger partial charge in [-0.05, 0) is 49.2 Å². The van der Waals surface area contributed by atoms with Gasteiger partial charge in [0.2, 0.25) is 5.91 Å². The molecule has 33 heavy (non-hydrogen) atoms. The predicted molar refractivity (Wildman–Crippen MR) is 122 cm³/mol. The largest absolute Gasteiger partial charge is 0.497 e. The lowest BCUT2D eigenvalue weighted by molar-refractivity contribution is -0.133. The van der Waals surface area contributed by atoms with Gasteiger partial charge in [0.05, 0.1) is 7.11 Å². The molecule has 4 amide bonds. The third-order valence-corrected chi connectivity index (χ3v) is 5.76. The van der Waals surface area contributed by atoms with Crippen molar-refractivity contribution >= 4 is 23.5 Å². The molecule has 4 rings (SSSR count). The topological polar surface area (TPSA) is 106 Å². The Morgan fingerprint density at radius 1 is 1.12 bits per heavy atom. The number of amides is 4. The number of aromatic nitrogens is 2. The molecule has 0 bridgehead atoms. The highest BCUT2D eigenvalue weighted by molar-refractivity contribution is 6.10. The number of methoxy groups -OCH3 is 1. The van der Waals surface area contributed by atoms with Gasteiger partial charge in [-0.15, -0.1) is 0 Å². The second-order valence-electron chi connectivity index (χ2n) is 8.02. The van der Waals surface area contributed by atoms with Crippen LogP contribution in [0.3, 0.4) is 0 Å². The molecule has 1 saturated heterocycles. The van der Waals surface area contributed by atoms with Gasteiger partial charge in [0.25, 0.3) is 5.91 Å². The Bertz CT molecular complexity index is 1190. The van der Waals surface area contributed by atoms with Gasteiger partial charge < -0.3 is 19.9 Å². The summed E-state index contributed by atoms with van der Waals surface area (Å²) in [5, 5.41) is 5.44. The number of carbonyl (C=O) groups is 3. The fourth-order valence-electron chi connectivity index (χ4n) is 3.77. The third kappa shape index (κ3) is 4.43. The quantitative estimate of drug-likeness (QED) is 0.542. The third-order valence-electron chi connectivity index (χ3n) is 5.76. The molecular formula is C24H25N5O4. The van der Waals surface area contributed by atoms with Gasteiger partial charge in [-0.2, -0.15) is 0 Å². The molecule has 1 fully saturated rings. The number of nitrogens with one attached hydrogen (secondary N) is 2. The number of rotatable bonds is 7. The average Bonchev–Trinajstić information content (AvgIpc) is 3.31. The zero-order chi connectivity index (χ0) is 23.6. The summed E-state index contributed by atoms with van der Waals surface area (Å²) in [6.07, 6.45) is 3.65. The van der Waals surface area contributed by atoms with E-state index in [1.54, 1.807) is 56.6 Å². The average molecular weight is 447 g/mol. The van der Waals surface area contributed by atoms with Gasteiger partial charge in [0.1, 0.15) is 23.7 Å². The molecule has 1 unspecified atom stereocenters. The number of aryl methyl sites for hydroxylation is 1. The Balaban J connectivity index is 1.39. The minimum Gasteiger partial charge on any atom is -0.497 e. The number of hydrogen-bond acceptors (Lipinski definition) is 5. The minimum atomic E-state index is -1.25. The van der Waals surface area contributed by atoms with E-state index in [0.29, 0.717) is 23.5 Å². The summed E-state index contributed by atoms with van der Waals surface area (Å²) >= 11 is 0. The number of urea groups is 1. The van der Waals surface area contributed by atoms with Crippen molar-refractivity contribution in [2.75, 3.05) is 19.0 Å². The number of imidazole rings is 1. The van der Waals surface area contributed by atoms with Gasteiger partial charge in [-0.25, -0.2) is 9.78 Å². The van der Waals surface area contributed by atoms with Gasteiger partial charge >= 0.3 is 6.03 Å². The number of ether oxygens (including phenoxy) is 1. The first-order valence-electron chi connectivity index (χ1n) is 10.5. The van der Waals surface area contributed by atoms with Crippen molar-refractivity contribution in [2.24, 2.45) is 0 Å². The smallest absolute Gasteiger partial charge is 0.325 e. The maximum Gasteiger partial charge on any atom is 0.325 e. The molecule has 170 valence electrons. The molecule has 0 radical (unpaired) electrons. The van der Waals surface area contributed by atoms with E-state index >= 15 is 0 Å². The molecule has 1 aromatic heterocycles. The van der Waals surface area contributed by atoms with Crippen LogP contribution in [0.1, 0.15) is 23.9 Å². The van der Waals surface area contributed by atoms with E-state index in [0.717, 1.165) is 16.3 Å². The first-order chi connectivity index (χ1) is 15.8. The highest BCUT2D eigenvalue weighted by Gasteiger charge is 2.49. The van der Waals surface area contributed by atoms with Crippen LogP contribution >= 0.6 is 0 Å². The fourth-order valence-corrected chi connectivity index (χ4v) is 3.77. The standard InChI is InChI=1S/C24H25N5O4/c1-16-25-12-13-28(16)14-17-4-8-19(9-5-17)26-21(30)15-29-22(31)24(2,27-23(29)32)18-6-10-20(33-3)11-7-18/h4-13H,14-15H2,1-3H3,(H,26,30)(H,27,32). The molecular weight excluding hydrogens is 422 g/mol. The van der Waals surface area contributed by atoms with Crippen LogP contribution in [0.5, 0.6) is 5.75 Å². The highest BCUT2D eigenvalue weighted by Crippen LogP contribution is 2.30. The van der Waals surface area contributed by atoms with Crippen LogP contribution in [0.4, 0.5) is 10.5 Å². The summed E-state index contributed by atoms with van der Waals surface area (Å²) in [5.41, 5.74) is 0.985. The molecule has 9 heteroatoms. The normalized spacial score (nSPS) is 17.7. The van der Waals surface area contributed by atoms with E-state index in [1.807, 2.05) is 29.8 Å². The summed E-state index contributed by atoms with van der Waals surface area (Å²) < 4.78 is 7.16. The lowest BCUT2D eigenvalue weighted by Gasteiger charge is -2.22. The van der Waals surface area contributed by atoms with E-state index in [2.05, 4.69) is 15.6 Å². The maximum absolute atomic E-state index is 13.0. The molecule has 2 aromatic carbocycles. The number of benzene rings is 2. The summed E-state index contributed by atoms with van der Waals surface area (Å²) in [6.45, 7) is 3.84. The molecule has 1 aliphatic heterocycles. The molecule has 1 aliphatic rings. The van der Waals surface area contributed by atoms with Crippen molar-refractivity contribution in [1.82, 2.24) is 19.8 Å². The summed E-state index contributed by atoms with van der Waals surface area (Å²) in [4.78, 5) is 43.2. The van der Waals surface area contributed by atoms with Gasteiger partial charge in [-0.1, -0.05) is 24.3 Å². The van der Waals surface area contributed by atoms with Crippen LogP contribution in [-0.4, -0.2) is 46.0 Å². The second-order valence-corrected chi connectivity index (χ2v) is 8.02. The van der Waals surface area contributed by atoms with Crippen molar-refractivity contribution in [3.05, 3.63) is 77.9 Å². The lowest BCUT2D eigenvalue weighted by Crippen LogP contribution is -2.42. The van der Waals surface area contributed by atoms with E-state index in [9.17, 15) is 14.4 Å². The van der Waals surface area contributed by atoms with Crippen LogP contribution < -0.4 is 15.4 Å². The number of carbonyl (C=O) groups excluding carboxylic acids is 3. The van der Waals surface area contributed by atoms with Crippen LogP contribution in [0.2, 0.25) is 0 Å². The lowest BCUT2D eigenvalue weighted by atomic mass is 9.92. The number of anilines is 1. The van der Waals surface area contributed by atoms with Crippen molar-refractivity contribution in [2.45, 2.75) is 25.9 Å². The van der Waals surface area contributed by atoms with Crippen molar-refractivity contribution < 1.29 is 19.1 Å². The summed E-state index contributed by atoms with van der Waals surface area (Å²) in [6, 6.07) is 13.6. The zero-order valence-electron chi connectivity index (χ0n) is 18.7. The zero-order valence-corrected chi connectivity index (χ0v) is 18.7. The Hall–Kier alpha value is -4.14. The Morgan fingerprint density at radius 2 is 1.82 bits per heavy atom. The van der Waals surface area contributed by atoms with E-state index < -0.39 is 23.4 Å². The fraction of sp³-hybridized carbons (Fsp3) is 0.250. The number of nitrogens with zero attached hydrogens (tertiary/aromatic N) is 3. The Labute approximate surface area is 191 Å². The summed E-state index contributed by atoms with van der Waals surface area (Å²) in [7, 11) is 1.55. The first kappa shape index (κ1) is 22.1. The predicted octanol–water partition coefficient (Wildman–Crippen LogP) is 2.65. The van der Waals surface area contributed by atoms with E-state index in [4.69, 9.17) is 4.74 Å². The SMILES string of the molecule is COc1ccc(C2(C)NC(=O)N(CC(=O)Nc3ccc(Cn4ccnc4C)cc3)C2=O)cc1. The number of hydrogen-bond donors (Lipinski definition) is 2. The van der Waals surface area contributed by atoms with Gasteiger partial charge in [0, 0.05) is 24.6 Å². The van der Waals surface area contributed by atoms with Crippen LogP contribution in [0, 0.1) is 6.92 Å². The van der Waals surface area contributed by atoms with Gasteiger partial charge in [0.15, 0.2) is 0 Å². The molecule has 1 atom stereocenters. The first-order valence-corrected chi connectivity index (χ1v) is 10.5. The van der Waals surface area contributed by atoms with Crippen molar-refractivity contribution in [3.63, 3.8) is 0 Å². The van der Waals surface area contributed by atoms with Gasteiger partial charge in [-0.3, -0.25) is 14.5 Å². The van der Waals surface area contributed by atoms with Crippen LogP contribution in [-0.2, 0) is 21.7 Å². The van der Waals surface area contributed by atoms with Crippen molar-refractivity contribution in [1.29, 1.82) is 0 Å². The summed E-state index contributed by atoms with van der Waals surface area (Å²) in [5.74, 6) is 0.610. The number of imide groups is 1. The van der Waals surface area contributed by atoms with Crippen molar-refractivity contribution in [3.8, 4) is 5.75 Å². The molecule has 2 heterocycles.